The van der Waals surface area contributed by atoms with Gasteiger partial charge in [0.25, 0.3) is 5.56 Å². The fourth-order valence-electron chi connectivity index (χ4n) is 3.56. The van der Waals surface area contributed by atoms with Crippen molar-refractivity contribution < 1.29 is 4.42 Å². The summed E-state index contributed by atoms with van der Waals surface area (Å²) in [6, 6.07) is 17.6. The second-order valence-corrected chi connectivity index (χ2v) is 6.96. The van der Waals surface area contributed by atoms with E-state index in [4.69, 9.17) is 4.42 Å². The molecule has 0 aliphatic heterocycles. The Morgan fingerprint density at radius 2 is 1.82 bits per heavy atom. The fourth-order valence-corrected chi connectivity index (χ4v) is 3.56. The summed E-state index contributed by atoms with van der Waals surface area (Å²) in [6.07, 6.45) is 1.58. The summed E-state index contributed by atoms with van der Waals surface area (Å²) in [5.41, 5.74) is 5.47. The lowest BCUT2D eigenvalue weighted by molar-refractivity contribution is 0.642. The fraction of sp³-hybridized carbons (Fsp3) is 0.136. The lowest BCUT2D eigenvalue weighted by atomic mass is 10.2. The summed E-state index contributed by atoms with van der Waals surface area (Å²) in [4.78, 5) is 17.3. The highest BCUT2D eigenvalue weighted by atomic mass is 16.3. The second kappa shape index (κ2) is 6.20. The van der Waals surface area contributed by atoms with Gasteiger partial charge < -0.3 is 4.42 Å². The molecule has 28 heavy (non-hydrogen) atoms. The molecule has 138 valence electrons. The SMILES string of the molecule is Cc1cc(C)n(-c2ccc(Cn3cnc4c(oc5ccccc54)c3=O)cc2)n1. The minimum absolute atomic E-state index is 0.177. The molecular formula is C22H18N4O2. The number of benzene rings is 2. The van der Waals surface area contributed by atoms with Crippen molar-refractivity contribution in [2.45, 2.75) is 20.4 Å². The summed E-state index contributed by atoms with van der Waals surface area (Å²) in [5, 5.41) is 5.36. The van der Waals surface area contributed by atoms with Crippen molar-refractivity contribution in [1.29, 1.82) is 0 Å². The van der Waals surface area contributed by atoms with Gasteiger partial charge in [0.05, 0.1) is 24.3 Å². The van der Waals surface area contributed by atoms with Crippen molar-refractivity contribution in [2.75, 3.05) is 0 Å². The Bertz CT molecular complexity index is 1370. The van der Waals surface area contributed by atoms with Gasteiger partial charge in [0.2, 0.25) is 5.58 Å². The maximum atomic E-state index is 12.9. The van der Waals surface area contributed by atoms with Crippen LogP contribution in [0.5, 0.6) is 0 Å². The quantitative estimate of drug-likeness (QED) is 0.482. The predicted molar refractivity (Wildman–Crippen MR) is 108 cm³/mol. The number of hydrogen-bond donors (Lipinski definition) is 0. The highest BCUT2D eigenvalue weighted by molar-refractivity contribution is 6.01. The van der Waals surface area contributed by atoms with Crippen molar-refractivity contribution in [1.82, 2.24) is 19.3 Å². The standard InChI is InChI=1S/C22H18N4O2/c1-14-11-15(2)26(24-14)17-9-7-16(8-10-17)12-25-13-23-20-18-5-3-4-6-19(18)28-21(20)22(25)27/h3-11,13H,12H2,1-2H3. The average Bonchev–Trinajstić information content (AvgIpc) is 3.24. The molecule has 3 heterocycles. The van der Waals surface area contributed by atoms with E-state index in [0.29, 0.717) is 23.2 Å². The van der Waals surface area contributed by atoms with Crippen LogP contribution in [0.3, 0.4) is 0 Å². The second-order valence-electron chi connectivity index (χ2n) is 6.96. The largest absolute Gasteiger partial charge is 0.448 e. The molecule has 0 aliphatic carbocycles. The van der Waals surface area contributed by atoms with Gasteiger partial charge >= 0.3 is 0 Å². The first-order chi connectivity index (χ1) is 13.6. The molecule has 6 heteroatoms. The summed E-state index contributed by atoms with van der Waals surface area (Å²) in [7, 11) is 0. The molecule has 6 nitrogen and oxygen atoms in total. The average molecular weight is 370 g/mol. The van der Waals surface area contributed by atoms with Crippen LogP contribution in [0.1, 0.15) is 17.0 Å². The van der Waals surface area contributed by atoms with E-state index in [1.54, 1.807) is 10.9 Å². The molecule has 0 bridgehead atoms. The number of hydrogen-bond acceptors (Lipinski definition) is 4. The molecule has 0 saturated carbocycles. The monoisotopic (exact) mass is 370 g/mol. The Morgan fingerprint density at radius 3 is 2.57 bits per heavy atom. The summed E-state index contributed by atoms with van der Waals surface area (Å²) < 4.78 is 9.23. The van der Waals surface area contributed by atoms with E-state index in [1.165, 1.54) is 0 Å². The maximum absolute atomic E-state index is 12.9. The van der Waals surface area contributed by atoms with Crippen LogP contribution in [0.2, 0.25) is 0 Å². The van der Waals surface area contributed by atoms with Gasteiger partial charge in [-0.2, -0.15) is 5.10 Å². The molecule has 0 aliphatic rings. The van der Waals surface area contributed by atoms with E-state index in [1.807, 2.05) is 73.1 Å². The van der Waals surface area contributed by atoms with E-state index in [-0.39, 0.29) is 5.56 Å². The van der Waals surface area contributed by atoms with Crippen molar-refractivity contribution in [3.63, 3.8) is 0 Å². The van der Waals surface area contributed by atoms with Crippen LogP contribution in [0.25, 0.3) is 27.8 Å². The molecule has 0 atom stereocenters. The van der Waals surface area contributed by atoms with E-state index >= 15 is 0 Å². The molecule has 0 unspecified atom stereocenters. The third-order valence-corrected chi connectivity index (χ3v) is 4.89. The summed E-state index contributed by atoms with van der Waals surface area (Å²) >= 11 is 0. The van der Waals surface area contributed by atoms with E-state index in [0.717, 1.165) is 28.0 Å². The number of fused-ring (bicyclic) bond motifs is 3. The molecule has 5 aromatic rings. The predicted octanol–water partition coefficient (Wildman–Crippen LogP) is 3.99. The third-order valence-electron chi connectivity index (χ3n) is 4.89. The highest BCUT2D eigenvalue weighted by Gasteiger charge is 2.13. The minimum Gasteiger partial charge on any atom is -0.448 e. The van der Waals surface area contributed by atoms with Crippen LogP contribution in [0, 0.1) is 13.8 Å². The van der Waals surface area contributed by atoms with Gasteiger partial charge in [-0.1, -0.05) is 24.3 Å². The van der Waals surface area contributed by atoms with E-state index in [2.05, 4.69) is 10.1 Å². The first-order valence-electron chi connectivity index (χ1n) is 9.09. The van der Waals surface area contributed by atoms with Gasteiger partial charge in [-0.05, 0) is 49.7 Å². The Hall–Kier alpha value is -3.67. The Morgan fingerprint density at radius 1 is 1.04 bits per heavy atom. The van der Waals surface area contributed by atoms with Crippen molar-refractivity contribution >= 4 is 22.1 Å². The molecule has 0 N–H and O–H groups in total. The molecular weight excluding hydrogens is 352 g/mol. The molecule has 0 spiro atoms. The van der Waals surface area contributed by atoms with Crippen LogP contribution in [0.15, 0.2) is 70.1 Å². The van der Waals surface area contributed by atoms with E-state index in [9.17, 15) is 4.79 Å². The molecule has 0 saturated heterocycles. The molecule has 0 radical (unpaired) electrons. The molecule has 3 aromatic heterocycles. The van der Waals surface area contributed by atoms with Crippen LogP contribution >= 0.6 is 0 Å². The third kappa shape index (κ3) is 2.62. The van der Waals surface area contributed by atoms with Crippen molar-refractivity contribution in [2.24, 2.45) is 0 Å². The van der Waals surface area contributed by atoms with Crippen LogP contribution in [-0.4, -0.2) is 19.3 Å². The number of aryl methyl sites for hydroxylation is 2. The van der Waals surface area contributed by atoms with Crippen LogP contribution in [-0.2, 0) is 6.54 Å². The van der Waals surface area contributed by atoms with Gasteiger partial charge in [-0.3, -0.25) is 9.36 Å². The normalized spacial score (nSPS) is 11.5. The minimum atomic E-state index is -0.177. The van der Waals surface area contributed by atoms with Gasteiger partial charge in [0.15, 0.2) is 0 Å². The van der Waals surface area contributed by atoms with Crippen molar-refractivity contribution in [3.05, 3.63) is 88.2 Å². The van der Waals surface area contributed by atoms with Crippen molar-refractivity contribution in [3.8, 4) is 5.69 Å². The zero-order valence-electron chi connectivity index (χ0n) is 15.6. The van der Waals surface area contributed by atoms with Gasteiger partial charge in [0, 0.05) is 11.1 Å². The van der Waals surface area contributed by atoms with E-state index < -0.39 is 0 Å². The zero-order valence-corrected chi connectivity index (χ0v) is 15.6. The molecule has 2 aromatic carbocycles. The Labute approximate surface area is 160 Å². The van der Waals surface area contributed by atoms with Crippen LogP contribution in [0.4, 0.5) is 0 Å². The summed E-state index contributed by atoms with van der Waals surface area (Å²) in [6.45, 7) is 4.43. The molecule has 0 amide bonds. The Kier molecular flexibility index (Phi) is 3.65. The molecule has 5 rings (SSSR count). The first kappa shape index (κ1) is 16.5. The number of para-hydroxylation sites is 1. The van der Waals surface area contributed by atoms with Gasteiger partial charge in [-0.25, -0.2) is 9.67 Å². The number of aromatic nitrogens is 4. The number of rotatable bonds is 3. The van der Waals surface area contributed by atoms with Crippen LogP contribution < -0.4 is 5.56 Å². The lowest BCUT2D eigenvalue weighted by Crippen LogP contribution is -2.20. The first-order valence-corrected chi connectivity index (χ1v) is 9.09. The highest BCUT2D eigenvalue weighted by Crippen LogP contribution is 2.24. The smallest absolute Gasteiger partial charge is 0.297 e. The van der Waals surface area contributed by atoms with Gasteiger partial charge in [-0.15, -0.1) is 0 Å². The van der Waals surface area contributed by atoms with Gasteiger partial charge in [0.1, 0.15) is 11.1 Å². The lowest BCUT2D eigenvalue weighted by Gasteiger charge is -2.08. The zero-order chi connectivity index (χ0) is 19.3. The summed E-state index contributed by atoms with van der Waals surface area (Å²) in [5.74, 6) is 0. The number of nitrogens with zero attached hydrogens (tertiary/aromatic N) is 4. The molecule has 0 fully saturated rings. The Balaban J connectivity index is 1.50. The topological polar surface area (TPSA) is 65.8 Å². The maximum Gasteiger partial charge on any atom is 0.297 e. The number of furan rings is 1.